The second-order valence-electron chi connectivity index (χ2n) is 4.91. The van der Waals surface area contributed by atoms with Crippen molar-refractivity contribution < 1.29 is 18.0 Å². The summed E-state index contributed by atoms with van der Waals surface area (Å²) in [6.45, 7) is 1.83. The Bertz CT molecular complexity index is 754. The Morgan fingerprint density at radius 2 is 1.91 bits per heavy atom. The molecule has 0 heterocycles. The lowest BCUT2D eigenvalue weighted by molar-refractivity contribution is -0.137. The molecule has 0 aliphatic rings. The number of halogens is 4. The Labute approximate surface area is 136 Å². The predicted octanol–water partition coefficient (Wildman–Crippen LogP) is 5.32. The molecule has 0 spiro atoms. The number of nitrogens with one attached hydrogen (secondary N) is 1. The number of amides is 1. The molecule has 0 fully saturated rings. The van der Waals surface area contributed by atoms with Crippen molar-refractivity contribution in [3.05, 3.63) is 70.3 Å². The summed E-state index contributed by atoms with van der Waals surface area (Å²) in [7, 11) is 0. The van der Waals surface area contributed by atoms with Gasteiger partial charge in [-0.3, -0.25) is 4.79 Å². The number of hydrogen-bond donors (Lipinski definition) is 1. The van der Waals surface area contributed by atoms with E-state index in [1.807, 2.05) is 6.92 Å². The van der Waals surface area contributed by atoms with Crippen molar-refractivity contribution in [3.63, 3.8) is 0 Å². The fourth-order valence-electron chi connectivity index (χ4n) is 1.85. The third-order valence-electron chi connectivity index (χ3n) is 3.08. The molecule has 0 aromatic heterocycles. The van der Waals surface area contributed by atoms with E-state index < -0.39 is 17.6 Å². The van der Waals surface area contributed by atoms with E-state index in [-0.39, 0.29) is 5.56 Å². The van der Waals surface area contributed by atoms with Gasteiger partial charge in [-0.05, 0) is 48.4 Å². The van der Waals surface area contributed by atoms with E-state index >= 15 is 0 Å². The highest BCUT2D eigenvalue weighted by Gasteiger charge is 2.30. The first kappa shape index (κ1) is 17.1. The van der Waals surface area contributed by atoms with E-state index in [0.717, 1.165) is 17.7 Å². The van der Waals surface area contributed by atoms with Crippen LogP contribution in [0.25, 0.3) is 6.08 Å². The number of anilines is 1. The first-order valence-corrected chi connectivity index (χ1v) is 7.06. The third kappa shape index (κ3) is 4.86. The van der Waals surface area contributed by atoms with Gasteiger partial charge in [0.05, 0.1) is 5.56 Å². The van der Waals surface area contributed by atoms with Crippen LogP contribution in [0, 0.1) is 6.92 Å². The summed E-state index contributed by atoms with van der Waals surface area (Å²) in [6, 6.07) is 9.79. The van der Waals surface area contributed by atoms with Crippen LogP contribution in [0.5, 0.6) is 0 Å². The van der Waals surface area contributed by atoms with Crippen LogP contribution in [0.3, 0.4) is 0 Å². The number of aryl methyl sites for hydroxylation is 1. The molecule has 0 atom stereocenters. The maximum atomic E-state index is 12.6. The number of alkyl halides is 3. The molecule has 6 heteroatoms. The van der Waals surface area contributed by atoms with Gasteiger partial charge in [-0.15, -0.1) is 0 Å². The molecule has 2 aromatic rings. The SMILES string of the molecule is Cc1ccc(NC(=O)/C=C/c2cccc(C(F)(F)F)c2)cc1Cl. The van der Waals surface area contributed by atoms with Crippen LogP contribution in [0.4, 0.5) is 18.9 Å². The summed E-state index contributed by atoms with van der Waals surface area (Å²) >= 11 is 5.95. The van der Waals surface area contributed by atoms with Crippen LogP contribution >= 0.6 is 11.6 Å². The summed E-state index contributed by atoms with van der Waals surface area (Å²) in [5.74, 6) is -0.456. The van der Waals surface area contributed by atoms with Crippen molar-refractivity contribution >= 4 is 29.3 Å². The van der Waals surface area contributed by atoms with Crippen LogP contribution in [0.1, 0.15) is 16.7 Å². The zero-order chi connectivity index (χ0) is 17.0. The van der Waals surface area contributed by atoms with Crippen molar-refractivity contribution in [2.24, 2.45) is 0 Å². The molecule has 23 heavy (non-hydrogen) atoms. The normalized spacial score (nSPS) is 11.7. The van der Waals surface area contributed by atoms with E-state index in [9.17, 15) is 18.0 Å². The molecule has 120 valence electrons. The van der Waals surface area contributed by atoms with Crippen LogP contribution in [-0.4, -0.2) is 5.91 Å². The molecule has 2 rings (SSSR count). The van der Waals surface area contributed by atoms with Crippen molar-refractivity contribution in [3.8, 4) is 0 Å². The van der Waals surface area contributed by atoms with Crippen LogP contribution in [-0.2, 0) is 11.0 Å². The standard InChI is InChI=1S/C17H13ClF3NO/c1-11-5-7-14(10-15(11)18)22-16(23)8-6-12-3-2-4-13(9-12)17(19,20)21/h2-10H,1H3,(H,22,23)/b8-6+. The van der Waals surface area contributed by atoms with Gasteiger partial charge in [0, 0.05) is 16.8 Å². The molecule has 1 amide bonds. The Hall–Kier alpha value is -2.27. The number of rotatable bonds is 3. The highest BCUT2D eigenvalue weighted by molar-refractivity contribution is 6.31. The van der Waals surface area contributed by atoms with Gasteiger partial charge in [-0.1, -0.05) is 29.8 Å². The molecule has 0 saturated heterocycles. The summed E-state index contributed by atoms with van der Waals surface area (Å²) in [5, 5.41) is 3.11. The first-order chi connectivity index (χ1) is 10.8. The van der Waals surface area contributed by atoms with Crippen molar-refractivity contribution in [1.29, 1.82) is 0 Å². The fraction of sp³-hybridized carbons (Fsp3) is 0.118. The molecule has 1 N–H and O–H groups in total. The maximum Gasteiger partial charge on any atom is 0.416 e. The van der Waals surface area contributed by atoms with Gasteiger partial charge in [0.25, 0.3) is 0 Å². The molecule has 0 aliphatic carbocycles. The quantitative estimate of drug-likeness (QED) is 0.753. The molecular weight excluding hydrogens is 327 g/mol. The van der Waals surface area contributed by atoms with Gasteiger partial charge >= 0.3 is 6.18 Å². The van der Waals surface area contributed by atoms with E-state index in [2.05, 4.69) is 5.32 Å². The summed E-state index contributed by atoms with van der Waals surface area (Å²) in [6.07, 6.45) is -1.92. The fourth-order valence-corrected chi connectivity index (χ4v) is 2.03. The predicted molar refractivity (Wildman–Crippen MR) is 85.3 cm³/mol. The molecule has 0 bridgehead atoms. The Kier molecular flexibility index (Phi) is 5.11. The van der Waals surface area contributed by atoms with Gasteiger partial charge in [-0.2, -0.15) is 13.2 Å². The zero-order valence-corrected chi connectivity index (χ0v) is 12.9. The Balaban J connectivity index is 2.08. The summed E-state index contributed by atoms with van der Waals surface area (Å²) in [5.41, 5.74) is 0.922. The van der Waals surface area contributed by atoms with E-state index in [0.29, 0.717) is 10.7 Å². The molecular formula is C17H13ClF3NO. The number of hydrogen-bond acceptors (Lipinski definition) is 1. The van der Waals surface area contributed by atoms with Gasteiger partial charge in [0.2, 0.25) is 5.91 Å². The molecule has 0 saturated carbocycles. The maximum absolute atomic E-state index is 12.6. The number of benzene rings is 2. The van der Waals surface area contributed by atoms with Gasteiger partial charge in [-0.25, -0.2) is 0 Å². The smallest absolute Gasteiger partial charge is 0.322 e. The third-order valence-corrected chi connectivity index (χ3v) is 3.49. The van der Waals surface area contributed by atoms with Crippen molar-refractivity contribution in [1.82, 2.24) is 0 Å². The van der Waals surface area contributed by atoms with Crippen molar-refractivity contribution in [2.75, 3.05) is 5.32 Å². The minimum atomic E-state index is -4.41. The molecule has 2 aromatic carbocycles. The highest BCUT2D eigenvalue weighted by Crippen LogP contribution is 2.29. The van der Waals surface area contributed by atoms with Crippen LogP contribution in [0.2, 0.25) is 5.02 Å². The lowest BCUT2D eigenvalue weighted by atomic mass is 10.1. The summed E-state index contributed by atoms with van der Waals surface area (Å²) < 4.78 is 37.8. The monoisotopic (exact) mass is 339 g/mol. The Morgan fingerprint density at radius 1 is 1.17 bits per heavy atom. The highest BCUT2D eigenvalue weighted by atomic mass is 35.5. The zero-order valence-electron chi connectivity index (χ0n) is 12.1. The Morgan fingerprint density at radius 3 is 2.57 bits per heavy atom. The minimum absolute atomic E-state index is 0.289. The molecule has 0 unspecified atom stereocenters. The molecule has 2 nitrogen and oxygen atoms in total. The molecule has 0 aliphatic heterocycles. The van der Waals surface area contributed by atoms with E-state index in [1.54, 1.807) is 18.2 Å². The topological polar surface area (TPSA) is 29.1 Å². The van der Waals surface area contributed by atoms with Gasteiger partial charge in [0.15, 0.2) is 0 Å². The van der Waals surface area contributed by atoms with Crippen LogP contribution in [0.15, 0.2) is 48.5 Å². The lowest BCUT2D eigenvalue weighted by Gasteiger charge is -2.07. The van der Waals surface area contributed by atoms with Gasteiger partial charge in [0.1, 0.15) is 0 Å². The molecule has 0 radical (unpaired) electrons. The van der Waals surface area contributed by atoms with Crippen molar-refractivity contribution in [2.45, 2.75) is 13.1 Å². The minimum Gasteiger partial charge on any atom is -0.322 e. The second kappa shape index (κ2) is 6.87. The second-order valence-corrected chi connectivity index (χ2v) is 5.32. The van der Waals surface area contributed by atoms with E-state index in [4.69, 9.17) is 11.6 Å². The van der Waals surface area contributed by atoms with Crippen LogP contribution < -0.4 is 5.32 Å². The number of carbonyl (C=O) groups excluding carboxylic acids is 1. The van der Waals surface area contributed by atoms with E-state index in [1.165, 1.54) is 24.3 Å². The average molecular weight is 340 g/mol. The average Bonchev–Trinajstić information content (AvgIpc) is 2.48. The first-order valence-electron chi connectivity index (χ1n) is 6.68. The largest absolute Gasteiger partial charge is 0.416 e. The van der Waals surface area contributed by atoms with Gasteiger partial charge < -0.3 is 5.32 Å². The number of carbonyl (C=O) groups is 1. The lowest BCUT2D eigenvalue weighted by Crippen LogP contribution is -2.08. The summed E-state index contributed by atoms with van der Waals surface area (Å²) in [4.78, 5) is 11.8.